The van der Waals surface area contributed by atoms with Gasteiger partial charge in [0.05, 0.1) is 18.8 Å². The first-order chi connectivity index (χ1) is 10.3. The van der Waals surface area contributed by atoms with Gasteiger partial charge in [0.15, 0.2) is 0 Å². The number of ether oxygens (including phenoxy) is 1. The molecular formula is C19H21NO. The molecule has 4 fully saturated rings. The molecule has 0 radical (unpaired) electrons. The molecule has 2 nitrogen and oxygen atoms in total. The third kappa shape index (κ3) is 1.99. The lowest BCUT2D eigenvalue weighted by atomic mass is 9.53. The Balaban J connectivity index is 1.84. The largest absolute Gasteiger partial charge is 0.496 e. The van der Waals surface area contributed by atoms with Crippen LogP contribution in [0.4, 0.5) is 0 Å². The summed E-state index contributed by atoms with van der Waals surface area (Å²) in [5.41, 5.74) is 3.35. The van der Waals surface area contributed by atoms with Crippen molar-refractivity contribution in [3.63, 3.8) is 0 Å². The van der Waals surface area contributed by atoms with Crippen molar-refractivity contribution in [1.82, 2.24) is 0 Å². The molecule has 0 amide bonds. The van der Waals surface area contributed by atoms with Crippen LogP contribution in [-0.4, -0.2) is 7.11 Å². The van der Waals surface area contributed by atoms with Crippen molar-refractivity contribution in [3.05, 3.63) is 35.4 Å². The Morgan fingerprint density at radius 3 is 2.24 bits per heavy atom. The number of allylic oxidation sites excluding steroid dienone is 2. The van der Waals surface area contributed by atoms with E-state index in [0.29, 0.717) is 11.8 Å². The monoisotopic (exact) mass is 279 g/mol. The van der Waals surface area contributed by atoms with Gasteiger partial charge in [-0.15, -0.1) is 0 Å². The quantitative estimate of drug-likeness (QED) is 0.750. The molecule has 0 aromatic heterocycles. The summed E-state index contributed by atoms with van der Waals surface area (Å²) < 4.78 is 5.49. The fraction of sp³-hybridized carbons (Fsp3) is 0.526. The number of hydrogen-bond donors (Lipinski definition) is 0. The van der Waals surface area contributed by atoms with E-state index in [2.05, 4.69) is 6.07 Å². The highest BCUT2D eigenvalue weighted by Crippen LogP contribution is 2.58. The summed E-state index contributed by atoms with van der Waals surface area (Å²) in [5.74, 6) is 3.99. The van der Waals surface area contributed by atoms with Crippen LogP contribution >= 0.6 is 0 Å². The van der Waals surface area contributed by atoms with Gasteiger partial charge in [0.25, 0.3) is 0 Å². The number of nitrogens with zero attached hydrogens (tertiary/aromatic N) is 1. The van der Waals surface area contributed by atoms with E-state index >= 15 is 0 Å². The minimum atomic E-state index is 0.654. The molecule has 4 bridgehead atoms. The van der Waals surface area contributed by atoms with E-state index in [9.17, 15) is 5.26 Å². The Morgan fingerprint density at radius 1 is 1.05 bits per heavy atom. The number of rotatable bonds is 2. The standard InChI is InChI=1S/C19H21NO/c1-21-18-5-3-2-4-16(18)17(11-20)19-14-7-12-6-13(9-14)10-15(19)8-12/h2-5,12-15H,6-10H2,1H3. The maximum atomic E-state index is 9.82. The Hall–Kier alpha value is -1.75. The predicted molar refractivity (Wildman–Crippen MR) is 82.6 cm³/mol. The summed E-state index contributed by atoms with van der Waals surface area (Å²) in [6.45, 7) is 0. The molecule has 0 saturated heterocycles. The topological polar surface area (TPSA) is 33.0 Å². The van der Waals surface area contributed by atoms with Gasteiger partial charge in [0.2, 0.25) is 0 Å². The third-order valence-corrected chi connectivity index (χ3v) is 5.79. The van der Waals surface area contributed by atoms with Crippen LogP contribution in [0, 0.1) is 35.0 Å². The lowest BCUT2D eigenvalue weighted by molar-refractivity contribution is 0.0706. The molecule has 0 N–H and O–H groups in total. The molecule has 4 aliphatic rings. The molecule has 0 heterocycles. The molecule has 2 heteroatoms. The van der Waals surface area contributed by atoms with Gasteiger partial charge < -0.3 is 4.74 Å². The first-order valence-electron chi connectivity index (χ1n) is 8.07. The zero-order chi connectivity index (χ0) is 14.4. The molecule has 1 aromatic carbocycles. The number of nitriles is 1. The van der Waals surface area contributed by atoms with Crippen LogP contribution in [0.2, 0.25) is 0 Å². The highest BCUT2D eigenvalue weighted by atomic mass is 16.5. The van der Waals surface area contributed by atoms with Crippen LogP contribution < -0.4 is 4.74 Å². The normalized spacial score (nSPS) is 32.9. The van der Waals surface area contributed by atoms with Crippen molar-refractivity contribution >= 4 is 5.57 Å². The second-order valence-corrected chi connectivity index (χ2v) is 6.95. The summed E-state index contributed by atoms with van der Waals surface area (Å²) in [4.78, 5) is 0. The van der Waals surface area contributed by atoms with Gasteiger partial charge in [0, 0.05) is 5.56 Å². The predicted octanol–water partition coefficient (Wildman–Crippen LogP) is 4.43. The summed E-state index contributed by atoms with van der Waals surface area (Å²) in [5, 5.41) is 9.82. The van der Waals surface area contributed by atoms with Crippen molar-refractivity contribution in [2.45, 2.75) is 32.1 Å². The van der Waals surface area contributed by atoms with Crippen LogP contribution in [0.1, 0.15) is 37.7 Å². The number of para-hydroxylation sites is 1. The Kier molecular flexibility index (Phi) is 3.03. The van der Waals surface area contributed by atoms with Crippen molar-refractivity contribution in [2.75, 3.05) is 7.11 Å². The Morgan fingerprint density at radius 2 is 1.67 bits per heavy atom. The molecular weight excluding hydrogens is 258 g/mol. The summed E-state index contributed by atoms with van der Waals surface area (Å²) in [6.07, 6.45) is 6.67. The number of hydrogen-bond acceptors (Lipinski definition) is 2. The second kappa shape index (κ2) is 4.91. The Bertz CT molecular complexity index is 607. The van der Waals surface area contributed by atoms with Gasteiger partial charge in [0.1, 0.15) is 5.75 Å². The Labute approximate surface area is 126 Å². The second-order valence-electron chi connectivity index (χ2n) is 6.95. The van der Waals surface area contributed by atoms with E-state index in [1.807, 2.05) is 24.3 Å². The third-order valence-electron chi connectivity index (χ3n) is 5.79. The van der Waals surface area contributed by atoms with Gasteiger partial charge in [-0.05, 0) is 73.5 Å². The van der Waals surface area contributed by atoms with Crippen molar-refractivity contribution < 1.29 is 4.74 Å². The molecule has 0 atom stereocenters. The van der Waals surface area contributed by atoms with E-state index in [1.54, 1.807) is 7.11 Å². The molecule has 108 valence electrons. The minimum absolute atomic E-state index is 0.654. The van der Waals surface area contributed by atoms with Gasteiger partial charge in [-0.25, -0.2) is 0 Å². The van der Waals surface area contributed by atoms with Crippen LogP contribution in [0.3, 0.4) is 0 Å². The van der Waals surface area contributed by atoms with Gasteiger partial charge in [-0.2, -0.15) is 5.26 Å². The lowest BCUT2D eigenvalue weighted by Crippen LogP contribution is -2.40. The van der Waals surface area contributed by atoms with Crippen molar-refractivity contribution in [2.24, 2.45) is 23.7 Å². The van der Waals surface area contributed by atoms with Crippen molar-refractivity contribution in [1.29, 1.82) is 5.26 Å². The van der Waals surface area contributed by atoms with Gasteiger partial charge in [-0.1, -0.05) is 12.1 Å². The number of methoxy groups -OCH3 is 1. The minimum Gasteiger partial charge on any atom is -0.496 e. The molecule has 5 rings (SSSR count). The van der Waals surface area contributed by atoms with E-state index < -0.39 is 0 Å². The molecule has 0 unspecified atom stereocenters. The molecule has 4 aliphatic carbocycles. The maximum Gasteiger partial charge on any atom is 0.127 e. The SMILES string of the molecule is COc1ccccc1C(C#N)=C1C2CC3CC(C2)CC1C3. The van der Waals surface area contributed by atoms with Gasteiger partial charge >= 0.3 is 0 Å². The van der Waals surface area contributed by atoms with Crippen LogP contribution in [0.25, 0.3) is 5.57 Å². The van der Waals surface area contributed by atoms with E-state index in [4.69, 9.17) is 4.74 Å². The van der Waals surface area contributed by atoms with E-state index in [0.717, 1.165) is 28.7 Å². The van der Waals surface area contributed by atoms with Crippen LogP contribution in [0.15, 0.2) is 29.8 Å². The zero-order valence-electron chi connectivity index (χ0n) is 12.5. The molecule has 4 saturated carbocycles. The molecule has 1 aromatic rings. The highest BCUT2D eigenvalue weighted by Gasteiger charge is 2.46. The van der Waals surface area contributed by atoms with Crippen molar-refractivity contribution in [3.8, 4) is 11.8 Å². The first-order valence-corrected chi connectivity index (χ1v) is 8.07. The summed E-state index contributed by atoms with van der Waals surface area (Å²) in [6, 6.07) is 10.5. The van der Waals surface area contributed by atoms with E-state index in [-0.39, 0.29) is 0 Å². The van der Waals surface area contributed by atoms with Gasteiger partial charge in [-0.3, -0.25) is 0 Å². The van der Waals surface area contributed by atoms with Crippen LogP contribution in [-0.2, 0) is 0 Å². The molecule has 21 heavy (non-hydrogen) atoms. The summed E-state index contributed by atoms with van der Waals surface area (Å²) in [7, 11) is 1.69. The summed E-state index contributed by atoms with van der Waals surface area (Å²) >= 11 is 0. The number of benzene rings is 1. The van der Waals surface area contributed by atoms with Crippen LogP contribution in [0.5, 0.6) is 5.75 Å². The average molecular weight is 279 g/mol. The fourth-order valence-electron chi connectivity index (χ4n) is 5.23. The average Bonchev–Trinajstić information content (AvgIpc) is 2.50. The lowest BCUT2D eigenvalue weighted by Gasteiger charge is -2.51. The zero-order valence-corrected chi connectivity index (χ0v) is 12.5. The molecule has 0 aliphatic heterocycles. The molecule has 0 spiro atoms. The fourth-order valence-corrected chi connectivity index (χ4v) is 5.23. The van der Waals surface area contributed by atoms with E-state index in [1.165, 1.54) is 37.7 Å². The highest BCUT2D eigenvalue weighted by molar-refractivity contribution is 5.83. The smallest absolute Gasteiger partial charge is 0.127 e. The first kappa shape index (κ1) is 13.0. The maximum absolute atomic E-state index is 9.82.